The zero-order valence-corrected chi connectivity index (χ0v) is 11.4. The molecule has 0 aromatic heterocycles. The van der Waals surface area contributed by atoms with Crippen molar-refractivity contribution in [3.05, 3.63) is 0 Å². The maximum atomic E-state index is 12.0. The number of likely N-dealkylation sites (tertiary alicyclic amines) is 1. The molecule has 8 nitrogen and oxygen atoms in total. The summed E-state index contributed by atoms with van der Waals surface area (Å²) in [7, 11) is 0. The predicted molar refractivity (Wildman–Crippen MR) is 71.5 cm³/mol. The lowest BCUT2D eigenvalue weighted by Gasteiger charge is -2.28. The van der Waals surface area contributed by atoms with Crippen LogP contribution in [0.15, 0.2) is 0 Å². The van der Waals surface area contributed by atoms with E-state index in [-0.39, 0.29) is 13.0 Å². The Hall–Kier alpha value is -1.38. The summed E-state index contributed by atoms with van der Waals surface area (Å²) in [5.41, 5.74) is 0. The van der Waals surface area contributed by atoms with Crippen LogP contribution >= 0.6 is 0 Å². The van der Waals surface area contributed by atoms with Gasteiger partial charge in [-0.05, 0) is 0 Å². The standard InChI is InChI=1S/C12H22N4O4/c17-9-7-10(11(18)19)16(8-9)12(20)14-3-6-15-4-1-13-2-5-15/h9-10,13,17H,1-8H2,(H,14,20)(H,18,19)/t9-,10+/m1/s1. The highest BCUT2D eigenvalue weighted by atomic mass is 16.4. The van der Waals surface area contributed by atoms with E-state index in [9.17, 15) is 14.7 Å². The number of nitrogens with zero attached hydrogens (tertiary/aromatic N) is 2. The maximum Gasteiger partial charge on any atom is 0.326 e. The second-order valence-electron chi connectivity index (χ2n) is 5.22. The Kier molecular flexibility index (Phi) is 5.16. The molecule has 0 spiro atoms. The molecule has 114 valence electrons. The van der Waals surface area contributed by atoms with E-state index >= 15 is 0 Å². The largest absolute Gasteiger partial charge is 0.480 e. The second kappa shape index (κ2) is 6.87. The van der Waals surface area contributed by atoms with Gasteiger partial charge in [-0.1, -0.05) is 0 Å². The van der Waals surface area contributed by atoms with E-state index < -0.39 is 24.1 Å². The highest BCUT2D eigenvalue weighted by Gasteiger charge is 2.38. The number of nitrogens with one attached hydrogen (secondary N) is 2. The summed E-state index contributed by atoms with van der Waals surface area (Å²) in [6, 6.07) is -1.34. The summed E-state index contributed by atoms with van der Waals surface area (Å²) in [6.07, 6.45) is -0.657. The minimum absolute atomic E-state index is 0.0798. The lowest BCUT2D eigenvalue weighted by molar-refractivity contribution is -0.141. The number of aliphatic hydroxyl groups is 1. The van der Waals surface area contributed by atoms with E-state index in [2.05, 4.69) is 15.5 Å². The van der Waals surface area contributed by atoms with Crippen molar-refractivity contribution in [2.24, 2.45) is 0 Å². The first-order valence-electron chi connectivity index (χ1n) is 6.96. The molecular formula is C12H22N4O4. The number of carboxylic acid groups (broad SMARTS) is 1. The van der Waals surface area contributed by atoms with E-state index in [1.54, 1.807) is 0 Å². The van der Waals surface area contributed by atoms with Gasteiger partial charge < -0.3 is 25.7 Å². The quantitative estimate of drug-likeness (QED) is 0.482. The molecule has 0 unspecified atom stereocenters. The van der Waals surface area contributed by atoms with Gasteiger partial charge in [0.25, 0.3) is 0 Å². The van der Waals surface area contributed by atoms with Crippen LogP contribution in [-0.4, -0.2) is 90.0 Å². The third-order valence-corrected chi connectivity index (χ3v) is 3.74. The lowest BCUT2D eigenvalue weighted by Crippen LogP contribution is -2.49. The summed E-state index contributed by atoms with van der Waals surface area (Å²) in [6.45, 7) is 5.13. The molecule has 2 saturated heterocycles. The van der Waals surface area contributed by atoms with Gasteiger partial charge in [-0.25, -0.2) is 9.59 Å². The van der Waals surface area contributed by atoms with Gasteiger partial charge in [-0.3, -0.25) is 4.90 Å². The number of urea groups is 1. The molecule has 2 rings (SSSR count). The van der Waals surface area contributed by atoms with Crippen molar-refractivity contribution in [1.82, 2.24) is 20.4 Å². The fourth-order valence-electron chi connectivity index (χ4n) is 2.63. The summed E-state index contributed by atoms with van der Waals surface area (Å²) in [5.74, 6) is -1.07. The summed E-state index contributed by atoms with van der Waals surface area (Å²) in [5, 5.41) is 24.5. The average molecular weight is 286 g/mol. The number of rotatable bonds is 4. The molecule has 0 radical (unpaired) electrons. The molecule has 0 aromatic rings. The van der Waals surface area contributed by atoms with Gasteiger partial charge in [0, 0.05) is 52.2 Å². The maximum absolute atomic E-state index is 12.0. The molecule has 2 amide bonds. The molecule has 2 fully saturated rings. The van der Waals surface area contributed by atoms with E-state index in [0.717, 1.165) is 32.7 Å². The second-order valence-corrected chi connectivity index (χ2v) is 5.22. The smallest absolute Gasteiger partial charge is 0.326 e. The van der Waals surface area contributed by atoms with Crippen molar-refractivity contribution >= 4 is 12.0 Å². The lowest BCUT2D eigenvalue weighted by atomic mass is 10.2. The molecule has 4 N–H and O–H groups in total. The Morgan fingerprint density at radius 1 is 1.30 bits per heavy atom. The molecule has 2 atom stereocenters. The van der Waals surface area contributed by atoms with Gasteiger partial charge in [0.05, 0.1) is 6.10 Å². The molecular weight excluding hydrogens is 264 g/mol. The Morgan fingerprint density at radius 2 is 2.00 bits per heavy atom. The Bertz CT molecular complexity index is 359. The number of amides is 2. The molecule has 20 heavy (non-hydrogen) atoms. The topological polar surface area (TPSA) is 105 Å². The van der Waals surface area contributed by atoms with Gasteiger partial charge >= 0.3 is 12.0 Å². The van der Waals surface area contributed by atoms with Crippen LogP contribution in [-0.2, 0) is 4.79 Å². The van der Waals surface area contributed by atoms with Crippen LogP contribution in [0, 0.1) is 0 Å². The first-order valence-corrected chi connectivity index (χ1v) is 6.96. The van der Waals surface area contributed by atoms with E-state index in [1.807, 2.05) is 0 Å². The van der Waals surface area contributed by atoms with Crippen LogP contribution in [0.5, 0.6) is 0 Å². The molecule has 0 bridgehead atoms. The third kappa shape index (κ3) is 3.81. The van der Waals surface area contributed by atoms with Gasteiger partial charge in [0.15, 0.2) is 0 Å². The first kappa shape index (κ1) is 15.0. The van der Waals surface area contributed by atoms with Crippen LogP contribution < -0.4 is 10.6 Å². The van der Waals surface area contributed by atoms with E-state index in [0.29, 0.717) is 6.54 Å². The van der Waals surface area contributed by atoms with Gasteiger partial charge in [-0.2, -0.15) is 0 Å². The Morgan fingerprint density at radius 3 is 2.65 bits per heavy atom. The van der Waals surface area contributed by atoms with Crippen LogP contribution in [0.1, 0.15) is 6.42 Å². The van der Waals surface area contributed by atoms with Crippen molar-refractivity contribution in [2.75, 3.05) is 45.8 Å². The van der Waals surface area contributed by atoms with Crippen LogP contribution in [0.25, 0.3) is 0 Å². The predicted octanol–water partition coefficient (Wildman–Crippen LogP) is -1.88. The number of hydrogen-bond donors (Lipinski definition) is 4. The zero-order chi connectivity index (χ0) is 14.5. The minimum atomic E-state index is -1.07. The molecule has 8 heteroatoms. The monoisotopic (exact) mass is 286 g/mol. The van der Waals surface area contributed by atoms with Crippen LogP contribution in [0.4, 0.5) is 4.79 Å². The number of carbonyl (C=O) groups is 2. The first-order chi connectivity index (χ1) is 9.58. The number of β-amino-alcohol motifs (C(OH)–C–C–N with tert-alkyl or cyclic N) is 1. The molecule has 0 saturated carbocycles. The molecule has 2 aliphatic rings. The van der Waals surface area contributed by atoms with Gasteiger partial charge in [0.2, 0.25) is 0 Å². The van der Waals surface area contributed by atoms with E-state index in [1.165, 1.54) is 4.90 Å². The molecule has 0 aliphatic carbocycles. The highest BCUT2D eigenvalue weighted by Crippen LogP contribution is 2.17. The normalized spacial score (nSPS) is 27.6. The number of carboxylic acids is 1. The van der Waals surface area contributed by atoms with E-state index in [4.69, 9.17) is 5.11 Å². The van der Waals surface area contributed by atoms with Crippen molar-refractivity contribution in [3.63, 3.8) is 0 Å². The summed E-state index contributed by atoms with van der Waals surface area (Å²) >= 11 is 0. The summed E-state index contributed by atoms with van der Waals surface area (Å²) in [4.78, 5) is 26.4. The van der Waals surface area contributed by atoms with Crippen molar-refractivity contribution in [3.8, 4) is 0 Å². The van der Waals surface area contributed by atoms with Gasteiger partial charge in [-0.15, -0.1) is 0 Å². The van der Waals surface area contributed by atoms with Crippen molar-refractivity contribution < 1.29 is 19.8 Å². The van der Waals surface area contributed by atoms with Crippen molar-refractivity contribution in [2.45, 2.75) is 18.6 Å². The Labute approximate surface area is 117 Å². The Balaban J connectivity index is 1.74. The molecule has 2 aliphatic heterocycles. The molecule has 2 heterocycles. The number of hydrogen-bond acceptors (Lipinski definition) is 5. The number of aliphatic hydroxyl groups excluding tert-OH is 1. The summed E-state index contributed by atoms with van der Waals surface area (Å²) < 4.78 is 0. The highest BCUT2D eigenvalue weighted by molar-refractivity contribution is 5.83. The zero-order valence-electron chi connectivity index (χ0n) is 11.4. The fourth-order valence-corrected chi connectivity index (χ4v) is 2.63. The minimum Gasteiger partial charge on any atom is -0.480 e. The number of aliphatic carboxylic acids is 1. The van der Waals surface area contributed by atoms with Gasteiger partial charge in [0.1, 0.15) is 6.04 Å². The number of carbonyl (C=O) groups excluding carboxylic acids is 1. The number of piperazine rings is 1. The molecule has 0 aromatic carbocycles. The van der Waals surface area contributed by atoms with Crippen molar-refractivity contribution in [1.29, 1.82) is 0 Å². The fraction of sp³-hybridized carbons (Fsp3) is 0.833. The average Bonchev–Trinajstić information content (AvgIpc) is 2.82. The van der Waals surface area contributed by atoms with Crippen LogP contribution in [0.3, 0.4) is 0 Å². The SMILES string of the molecule is O=C(O)[C@@H]1C[C@@H](O)CN1C(=O)NCCN1CCNCC1. The third-order valence-electron chi connectivity index (χ3n) is 3.74. The van der Waals surface area contributed by atoms with Crippen LogP contribution in [0.2, 0.25) is 0 Å².